The van der Waals surface area contributed by atoms with Crippen molar-refractivity contribution in [2.45, 2.75) is 18.3 Å². The number of aromatic amines is 1. The minimum Gasteiger partial charge on any atom is -0.380 e. The van der Waals surface area contributed by atoms with Gasteiger partial charge in [0.1, 0.15) is 5.41 Å². The van der Waals surface area contributed by atoms with E-state index in [0.29, 0.717) is 0 Å². The summed E-state index contributed by atoms with van der Waals surface area (Å²) in [4.78, 5) is 25.9. The van der Waals surface area contributed by atoms with Gasteiger partial charge in [-0.05, 0) is 6.42 Å². The predicted octanol–water partition coefficient (Wildman–Crippen LogP) is 0.545. The van der Waals surface area contributed by atoms with Gasteiger partial charge in [0, 0.05) is 31.3 Å². The molecule has 8 heteroatoms. The van der Waals surface area contributed by atoms with E-state index in [1.165, 1.54) is 13.2 Å². The first-order valence-corrected chi connectivity index (χ1v) is 6.42. The maximum absolute atomic E-state index is 13.6. The van der Waals surface area contributed by atoms with Crippen LogP contribution in [0.15, 0.2) is 21.9 Å². The number of hydrogen-bond acceptors (Lipinski definition) is 4. The molecule has 1 atom stereocenters. The Morgan fingerprint density at radius 2 is 2.19 bits per heavy atom. The molecule has 0 aromatic carbocycles. The lowest BCUT2D eigenvalue weighted by atomic mass is 9.82. The van der Waals surface area contributed by atoms with Crippen molar-refractivity contribution in [1.29, 1.82) is 0 Å². The van der Waals surface area contributed by atoms with Crippen LogP contribution in [-0.2, 0) is 17.2 Å². The molecule has 2 aromatic heterocycles. The first kappa shape index (κ1) is 13.9. The van der Waals surface area contributed by atoms with Gasteiger partial charge in [-0.3, -0.25) is 9.59 Å². The van der Waals surface area contributed by atoms with Crippen LogP contribution >= 0.6 is 0 Å². The van der Waals surface area contributed by atoms with Gasteiger partial charge in [-0.1, -0.05) is 0 Å². The number of H-pyrrole nitrogens is 1. The molecule has 0 amide bonds. The largest absolute Gasteiger partial charge is 0.380 e. The average molecular weight is 297 g/mol. The molecule has 0 spiro atoms. The Kier molecular flexibility index (Phi) is 3.12. The number of aromatic nitrogens is 3. The number of fused-ring (bicyclic) bond motifs is 1. The third-order valence-corrected chi connectivity index (χ3v) is 3.90. The summed E-state index contributed by atoms with van der Waals surface area (Å²) in [6.45, 7) is 0.0454. The van der Waals surface area contributed by atoms with Crippen molar-refractivity contribution < 1.29 is 13.5 Å². The summed E-state index contributed by atoms with van der Waals surface area (Å²) in [5.74, 6) is 0. The number of nitrogens with one attached hydrogen (secondary N) is 1. The molecule has 0 aliphatic carbocycles. The van der Waals surface area contributed by atoms with Crippen molar-refractivity contribution in [2.24, 2.45) is 7.05 Å². The minimum atomic E-state index is -2.68. The Morgan fingerprint density at radius 1 is 1.43 bits per heavy atom. The first-order valence-electron chi connectivity index (χ1n) is 6.42. The Balaban J connectivity index is 2.40. The number of halogens is 2. The van der Waals surface area contributed by atoms with Gasteiger partial charge in [0.15, 0.2) is 0 Å². The number of ether oxygens (including phenoxy) is 1. The fraction of sp³-hybridized carbons (Fsp3) is 0.462. The zero-order valence-electron chi connectivity index (χ0n) is 11.2. The SMILES string of the molecule is Cn1nc([C@]2(C(F)F)CCOC2)c2c[nH]c(=O)cc2c1=O. The molecule has 0 unspecified atom stereocenters. The van der Waals surface area contributed by atoms with Crippen molar-refractivity contribution in [1.82, 2.24) is 14.8 Å². The van der Waals surface area contributed by atoms with E-state index >= 15 is 0 Å². The van der Waals surface area contributed by atoms with Crippen LogP contribution in [0.1, 0.15) is 12.1 Å². The monoisotopic (exact) mass is 297 g/mol. The molecule has 1 fully saturated rings. The molecule has 6 nitrogen and oxygen atoms in total. The summed E-state index contributed by atoms with van der Waals surface area (Å²) < 4.78 is 33.4. The van der Waals surface area contributed by atoms with E-state index in [9.17, 15) is 18.4 Å². The van der Waals surface area contributed by atoms with Crippen LogP contribution in [0.5, 0.6) is 0 Å². The van der Waals surface area contributed by atoms with Gasteiger partial charge in [0.25, 0.3) is 12.0 Å². The second kappa shape index (κ2) is 4.73. The number of hydrogen-bond donors (Lipinski definition) is 1. The zero-order valence-corrected chi connectivity index (χ0v) is 11.2. The van der Waals surface area contributed by atoms with Crippen LogP contribution < -0.4 is 11.1 Å². The molecular formula is C13H13F2N3O3. The summed E-state index contributed by atoms with van der Waals surface area (Å²) in [7, 11) is 1.38. The molecular weight excluding hydrogens is 284 g/mol. The van der Waals surface area contributed by atoms with Crippen LogP contribution in [0, 0.1) is 0 Å². The van der Waals surface area contributed by atoms with Crippen molar-refractivity contribution in [3.63, 3.8) is 0 Å². The number of aryl methyl sites for hydroxylation is 1. The molecule has 1 N–H and O–H groups in total. The molecule has 21 heavy (non-hydrogen) atoms. The maximum Gasteiger partial charge on any atom is 0.274 e. The lowest BCUT2D eigenvalue weighted by molar-refractivity contribution is 0.0367. The molecule has 3 rings (SSSR count). The van der Waals surface area contributed by atoms with Crippen molar-refractivity contribution in [3.05, 3.63) is 38.7 Å². The second-order valence-corrected chi connectivity index (χ2v) is 5.16. The lowest BCUT2D eigenvalue weighted by Crippen LogP contribution is -2.39. The molecule has 112 valence electrons. The zero-order chi connectivity index (χ0) is 15.2. The van der Waals surface area contributed by atoms with Gasteiger partial charge in [0.2, 0.25) is 5.56 Å². The summed E-state index contributed by atoms with van der Waals surface area (Å²) in [5, 5.41) is 4.35. The van der Waals surface area contributed by atoms with E-state index in [1.807, 2.05) is 0 Å². The van der Waals surface area contributed by atoms with Crippen molar-refractivity contribution >= 4 is 10.8 Å². The first-order chi connectivity index (χ1) is 9.95. The number of nitrogens with zero attached hydrogens (tertiary/aromatic N) is 2. The number of pyridine rings is 1. The van der Waals surface area contributed by atoms with Gasteiger partial charge in [-0.2, -0.15) is 5.10 Å². The van der Waals surface area contributed by atoms with Gasteiger partial charge in [0.05, 0.1) is 17.7 Å². The smallest absolute Gasteiger partial charge is 0.274 e. The molecule has 1 aliphatic heterocycles. The Labute approximate surface area is 117 Å². The normalized spacial score (nSPS) is 22.3. The highest BCUT2D eigenvalue weighted by molar-refractivity contribution is 5.83. The van der Waals surface area contributed by atoms with Gasteiger partial charge in [-0.15, -0.1) is 0 Å². The van der Waals surface area contributed by atoms with Gasteiger partial charge < -0.3 is 9.72 Å². The fourth-order valence-corrected chi connectivity index (χ4v) is 2.68. The average Bonchev–Trinajstić information content (AvgIpc) is 2.93. The standard InChI is InChI=1S/C13H13F2N3O3/c1-18-11(20)7-4-9(19)16-5-8(7)10(17-18)13(12(14)15)2-3-21-6-13/h4-5,12H,2-3,6H2,1H3,(H,16,19)/t13-/m0/s1. The lowest BCUT2D eigenvalue weighted by Gasteiger charge is -2.26. The van der Waals surface area contributed by atoms with Crippen molar-refractivity contribution in [2.75, 3.05) is 13.2 Å². The van der Waals surface area contributed by atoms with E-state index in [2.05, 4.69) is 10.1 Å². The topological polar surface area (TPSA) is 77.0 Å². The summed E-state index contributed by atoms with van der Waals surface area (Å²) in [5.41, 5.74) is -2.43. The number of alkyl halides is 2. The van der Waals surface area contributed by atoms with E-state index in [-0.39, 0.29) is 36.1 Å². The molecule has 0 saturated carbocycles. The number of rotatable bonds is 2. The highest BCUT2D eigenvalue weighted by atomic mass is 19.3. The Morgan fingerprint density at radius 3 is 2.81 bits per heavy atom. The van der Waals surface area contributed by atoms with E-state index in [0.717, 1.165) is 10.7 Å². The van der Waals surface area contributed by atoms with Gasteiger partial charge >= 0.3 is 0 Å². The van der Waals surface area contributed by atoms with Crippen molar-refractivity contribution in [3.8, 4) is 0 Å². The Hall–Kier alpha value is -2.09. The van der Waals surface area contributed by atoms with Crippen LogP contribution in [-0.4, -0.2) is 34.4 Å². The summed E-state index contributed by atoms with van der Waals surface area (Å²) in [6.07, 6.45) is -1.30. The van der Waals surface area contributed by atoms with Crippen LogP contribution in [0.3, 0.4) is 0 Å². The summed E-state index contributed by atoms with van der Waals surface area (Å²) >= 11 is 0. The maximum atomic E-state index is 13.6. The summed E-state index contributed by atoms with van der Waals surface area (Å²) in [6, 6.07) is 1.11. The van der Waals surface area contributed by atoms with E-state index in [1.54, 1.807) is 0 Å². The third kappa shape index (κ3) is 1.98. The molecule has 0 bridgehead atoms. The molecule has 1 aliphatic rings. The highest BCUT2D eigenvalue weighted by Crippen LogP contribution is 2.39. The third-order valence-electron chi connectivity index (χ3n) is 3.90. The van der Waals surface area contributed by atoms with Gasteiger partial charge in [-0.25, -0.2) is 13.5 Å². The molecule has 2 aromatic rings. The van der Waals surface area contributed by atoms with Crippen LogP contribution in [0.4, 0.5) is 8.78 Å². The van der Waals surface area contributed by atoms with E-state index < -0.39 is 23.0 Å². The van der Waals surface area contributed by atoms with E-state index in [4.69, 9.17) is 4.74 Å². The minimum absolute atomic E-state index is 0.0816. The highest BCUT2D eigenvalue weighted by Gasteiger charge is 2.48. The molecule has 1 saturated heterocycles. The fourth-order valence-electron chi connectivity index (χ4n) is 2.68. The molecule has 0 radical (unpaired) electrons. The molecule has 3 heterocycles. The quantitative estimate of drug-likeness (QED) is 0.878. The van der Waals surface area contributed by atoms with Crippen LogP contribution in [0.2, 0.25) is 0 Å². The second-order valence-electron chi connectivity index (χ2n) is 5.16. The predicted molar refractivity (Wildman–Crippen MR) is 70.7 cm³/mol. The Bertz CT molecular complexity index is 806. The van der Waals surface area contributed by atoms with Crippen LogP contribution in [0.25, 0.3) is 10.8 Å².